The van der Waals surface area contributed by atoms with Gasteiger partial charge in [-0.1, -0.05) is 41.5 Å². The molecule has 0 saturated heterocycles. The summed E-state index contributed by atoms with van der Waals surface area (Å²) < 4.78 is 0. The van der Waals surface area contributed by atoms with Crippen LogP contribution in [0.2, 0.25) is 0 Å². The van der Waals surface area contributed by atoms with Crippen LogP contribution in [0.1, 0.15) is 48.0 Å². The molecule has 0 aromatic carbocycles. The van der Waals surface area contributed by atoms with Crippen molar-refractivity contribution in [1.29, 1.82) is 0 Å². The maximum Gasteiger partial charge on any atom is 0.245 e. The van der Waals surface area contributed by atoms with E-state index in [0.717, 1.165) is 6.42 Å². The lowest BCUT2D eigenvalue weighted by molar-refractivity contribution is -0.128. The third-order valence-corrected chi connectivity index (χ3v) is 2.17. The predicted molar refractivity (Wildman–Crippen MR) is 60.2 cm³/mol. The lowest BCUT2D eigenvalue weighted by Gasteiger charge is -2.18. The van der Waals surface area contributed by atoms with Crippen LogP contribution in [0.15, 0.2) is 5.10 Å². The number of carbonyl (C=O) groups excluding carboxylic acids is 1. The summed E-state index contributed by atoms with van der Waals surface area (Å²) in [6.07, 6.45) is 2.79. The molecule has 0 spiro atoms. The Morgan fingerprint density at radius 2 is 1.79 bits per heavy atom. The van der Waals surface area contributed by atoms with Crippen LogP contribution in [0.5, 0.6) is 0 Å². The zero-order valence-electron chi connectivity index (χ0n) is 10.1. The second-order valence-corrected chi connectivity index (χ2v) is 5.29. The summed E-state index contributed by atoms with van der Waals surface area (Å²) in [6, 6.07) is 0. The Bertz CT molecular complexity index is 224. The molecule has 0 bridgehead atoms. The molecule has 1 amide bonds. The van der Waals surface area contributed by atoms with Crippen molar-refractivity contribution < 1.29 is 4.79 Å². The highest BCUT2D eigenvalue weighted by Crippen LogP contribution is 2.16. The second kappa shape index (κ2) is 4.58. The van der Waals surface area contributed by atoms with Crippen molar-refractivity contribution in [2.75, 3.05) is 0 Å². The van der Waals surface area contributed by atoms with Crippen molar-refractivity contribution >= 4 is 12.1 Å². The molecule has 0 rings (SSSR count). The van der Waals surface area contributed by atoms with Gasteiger partial charge in [-0.15, -0.1) is 0 Å². The standard InChI is InChI=1S/C11H22N2O/c1-7-11(5,6)8-12-13-9(14)10(2,3)4/h8H,7H2,1-6H3,(H,13,14). The average Bonchev–Trinajstić information content (AvgIpc) is 2.02. The lowest BCUT2D eigenvalue weighted by Crippen LogP contribution is -2.32. The number of hydrogen-bond donors (Lipinski definition) is 1. The molecule has 0 aliphatic rings. The zero-order valence-corrected chi connectivity index (χ0v) is 10.1. The second-order valence-electron chi connectivity index (χ2n) is 5.29. The van der Waals surface area contributed by atoms with Crippen LogP contribution in [0.4, 0.5) is 0 Å². The Morgan fingerprint density at radius 1 is 1.29 bits per heavy atom. The lowest BCUT2D eigenvalue weighted by atomic mass is 9.92. The Balaban J connectivity index is 4.14. The first-order valence-corrected chi connectivity index (χ1v) is 5.04. The van der Waals surface area contributed by atoms with Crippen molar-refractivity contribution in [3.8, 4) is 0 Å². The van der Waals surface area contributed by atoms with Crippen LogP contribution in [0.25, 0.3) is 0 Å². The van der Waals surface area contributed by atoms with Gasteiger partial charge in [0.25, 0.3) is 0 Å². The summed E-state index contributed by atoms with van der Waals surface area (Å²) in [5.74, 6) is -0.0550. The van der Waals surface area contributed by atoms with Crippen LogP contribution < -0.4 is 5.43 Å². The SMILES string of the molecule is CCC(C)(C)C=NNC(=O)C(C)(C)C. The van der Waals surface area contributed by atoms with E-state index in [9.17, 15) is 4.79 Å². The van der Waals surface area contributed by atoms with Gasteiger partial charge in [-0.25, -0.2) is 5.43 Å². The largest absolute Gasteiger partial charge is 0.273 e. The predicted octanol–water partition coefficient (Wildman–Crippen LogP) is 2.57. The quantitative estimate of drug-likeness (QED) is 0.549. The van der Waals surface area contributed by atoms with Gasteiger partial charge < -0.3 is 0 Å². The fourth-order valence-electron chi connectivity index (χ4n) is 0.525. The minimum Gasteiger partial charge on any atom is -0.273 e. The first-order valence-electron chi connectivity index (χ1n) is 5.04. The molecule has 14 heavy (non-hydrogen) atoms. The van der Waals surface area contributed by atoms with Gasteiger partial charge in [-0.2, -0.15) is 5.10 Å². The van der Waals surface area contributed by atoms with Gasteiger partial charge in [0.05, 0.1) is 0 Å². The first-order chi connectivity index (χ1) is 6.19. The molecule has 0 aliphatic carbocycles. The Morgan fingerprint density at radius 3 is 2.14 bits per heavy atom. The molecule has 3 nitrogen and oxygen atoms in total. The Kier molecular flexibility index (Phi) is 4.30. The highest BCUT2D eigenvalue weighted by atomic mass is 16.2. The maximum absolute atomic E-state index is 11.4. The molecular weight excluding hydrogens is 176 g/mol. The highest BCUT2D eigenvalue weighted by Gasteiger charge is 2.20. The average molecular weight is 198 g/mol. The summed E-state index contributed by atoms with van der Waals surface area (Å²) in [5.41, 5.74) is 2.21. The molecule has 82 valence electrons. The number of amides is 1. The van der Waals surface area contributed by atoms with Gasteiger partial charge >= 0.3 is 0 Å². The normalized spacial score (nSPS) is 13.3. The van der Waals surface area contributed by atoms with Gasteiger partial charge in [0.1, 0.15) is 0 Å². The van der Waals surface area contributed by atoms with Crippen molar-refractivity contribution in [3.63, 3.8) is 0 Å². The van der Waals surface area contributed by atoms with E-state index in [1.54, 1.807) is 6.21 Å². The Labute approximate surface area is 87.0 Å². The number of carbonyl (C=O) groups is 1. The minimum atomic E-state index is -0.381. The molecular formula is C11H22N2O. The number of hydrazone groups is 1. The van der Waals surface area contributed by atoms with E-state index in [1.807, 2.05) is 20.8 Å². The van der Waals surface area contributed by atoms with Crippen LogP contribution in [0.3, 0.4) is 0 Å². The van der Waals surface area contributed by atoms with E-state index in [0.29, 0.717) is 0 Å². The van der Waals surface area contributed by atoms with Gasteiger partial charge in [0.2, 0.25) is 5.91 Å². The van der Waals surface area contributed by atoms with E-state index < -0.39 is 0 Å². The van der Waals surface area contributed by atoms with E-state index in [2.05, 4.69) is 31.3 Å². The molecule has 0 aromatic rings. The summed E-state index contributed by atoms with van der Waals surface area (Å²) in [5, 5.41) is 3.96. The summed E-state index contributed by atoms with van der Waals surface area (Å²) in [7, 11) is 0. The number of nitrogens with one attached hydrogen (secondary N) is 1. The molecule has 0 aromatic heterocycles. The third-order valence-electron chi connectivity index (χ3n) is 2.17. The fraction of sp³-hybridized carbons (Fsp3) is 0.818. The molecule has 1 N–H and O–H groups in total. The number of hydrogen-bond acceptors (Lipinski definition) is 2. The van der Waals surface area contributed by atoms with Gasteiger partial charge in [0, 0.05) is 17.0 Å². The topological polar surface area (TPSA) is 41.5 Å². The minimum absolute atomic E-state index is 0.0468. The third kappa shape index (κ3) is 5.00. The summed E-state index contributed by atoms with van der Waals surface area (Å²) in [4.78, 5) is 11.4. The number of rotatable bonds is 3. The smallest absolute Gasteiger partial charge is 0.245 e. The monoisotopic (exact) mass is 198 g/mol. The maximum atomic E-state index is 11.4. The summed E-state index contributed by atoms with van der Waals surface area (Å²) >= 11 is 0. The van der Waals surface area contributed by atoms with Gasteiger partial charge in [0.15, 0.2) is 0 Å². The van der Waals surface area contributed by atoms with Crippen LogP contribution in [-0.2, 0) is 4.79 Å². The molecule has 0 saturated carbocycles. The molecule has 3 heteroatoms. The van der Waals surface area contributed by atoms with Crippen LogP contribution in [0, 0.1) is 10.8 Å². The van der Waals surface area contributed by atoms with Crippen molar-refractivity contribution in [2.24, 2.45) is 15.9 Å². The number of nitrogens with zero attached hydrogens (tertiary/aromatic N) is 1. The van der Waals surface area contributed by atoms with Crippen LogP contribution >= 0.6 is 0 Å². The van der Waals surface area contributed by atoms with Gasteiger partial charge in [-0.3, -0.25) is 4.79 Å². The van der Waals surface area contributed by atoms with E-state index in [-0.39, 0.29) is 16.7 Å². The Hall–Kier alpha value is -0.860. The molecule has 0 unspecified atom stereocenters. The van der Waals surface area contributed by atoms with Gasteiger partial charge in [-0.05, 0) is 6.42 Å². The molecule has 0 atom stereocenters. The summed E-state index contributed by atoms with van der Waals surface area (Å²) in [6.45, 7) is 11.9. The van der Waals surface area contributed by atoms with Crippen molar-refractivity contribution in [1.82, 2.24) is 5.43 Å². The van der Waals surface area contributed by atoms with Crippen LogP contribution in [-0.4, -0.2) is 12.1 Å². The van der Waals surface area contributed by atoms with E-state index in [1.165, 1.54) is 0 Å². The van der Waals surface area contributed by atoms with E-state index >= 15 is 0 Å². The van der Waals surface area contributed by atoms with Crippen molar-refractivity contribution in [3.05, 3.63) is 0 Å². The van der Waals surface area contributed by atoms with Crippen molar-refractivity contribution in [2.45, 2.75) is 48.0 Å². The zero-order chi connectivity index (χ0) is 11.4. The molecule has 0 aliphatic heterocycles. The molecule has 0 fully saturated rings. The van der Waals surface area contributed by atoms with E-state index in [4.69, 9.17) is 0 Å². The molecule has 0 heterocycles. The molecule has 0 radical (unpaired) electrons. The highest BCUT2D eigenvalue weighted by molar-refractivity contribution is 5.82. The first kappa shape index (κ1) is 13.1. The fourth-order valence-corrected chi connectivity index (χ4v) is 0.525.